The van der Waals surface area contributed by atoms with Gasteiger partial charge < -0.3 is 0 Å². The van der Waals surface area contributed by atoms with Gasteiger partial charge in [0, 0.05) is 12.6 Å². The highest BCUT2D eigenvalue weighted by Crippen LogP contribution is 2.17. The summed E-state index contributed by atoms with van der Waals surface area (Å²) in [6.45, 7) is 10.0. The average Bonchev–Trinajstić information content (AvgIpc) is 2.32. The molecule has 0 aromatic heterocycles. The molecule has 0 N–H and O–H groups in total. The molecule has 0 fully saturated rings. The first-order chi connectivity index (χ1) is 8.58. The summed E-state index contributed by atoms with van der Waals surface area (Å²) in [5.74, 6) is 0. The van der Waals surface area contributed by atoms with Crippen LogP contribution in [0.25, 0.3) is 0 Å². The van der Waals surface area contributed by atoms with E-state index in [9.17, 15) is 0 Å². The van der Waals surface area contributed by atoms with Gasteiger partial charge in [-0.2, -0.15) is 0 Å². The van der Waals surface area contributed by atoms with Gasteiger partial charge >= 0.3 is 0 Å². The van der Waals surface area contributed by atoms with Crippen LogP contribution >= 0.6 is 0 Å². The fourth-order valence-corrected chi connectivity index (χ4v) is 2.67. The minimum atomic E-state index is 0.737. The van der Waals surface area contributed by atoms with Crippen LogP contribution < -0.4 is 0 Å². The molecule has 0 bridgehead atoms. The Kier molecular flexibility index (Phi) is 6.42. The van der Waals surface area contributed by atoms with Crippen molar-refractivity contribution in [2.24, 2.45) is 0 Å². The van der Waals surface area contributed by atoms with Crippen molar-refractivity contribution < 1.29 is 0 Å². The van der Waals surface area contributed by atoms with Crippen molar-refractivity contribution in [3.8, 4) is 0 Å². The van der Waals surface area contributed by atoms with Crippen molar-refractivity contribution in [2.45, 2.75) is 66.0 Å². The van der Waals surface area contributed by atoms with Crippen LogP contribution in [0.5, 0.6) is 0 Å². The molecule has 1 nitrogen and oxygen atoms in total. The minimum Gasteiger partial charge on any atom is -0.299 e. The summed E-state index contributed by atoms with van der Waals surface area (Å²) in [7, 11) is 2.27. The van der Waals surface area contributed by atoms with E-state index in [-0.39, 0.29) is 0 Å². The molecule has 0 amide bonds. The first-order valence-corrected chi connectivity index (χ1v) is 7.34. The second-order valence-electron chi connectivity index (χ2n) is 5.58. The van der Waals surface area contributed by atoms with Gasteiger partial charge in [-0.05, 0) is 44.9 Å². The summed E-state index contributed by atoms with van der Waals surface area (Å²) >= 11 is 0. The Hall–Kier alpha value is -0.820. The third-order valence-electron chi connectivity index (χ3n) is 3.78. The Morgan fingerprint density at radius 1 is 1.06 bits per heavy atom. The second kappa shape index (κ2) is 7.58. The summed E-state index contributed by atoms with van der Waals surface area (Å²) < 4.78 is 0. The molecule has 0 unspecified atom stereocenters. The third-order valence-corrected chi connectivity index (χ3v) is 3.78. The molecule has 0 radical (unpaired) electrons. The number of hydrogen-bond donors (Lipinski definition) is 0. The van der Waals surface area contributed by atoms with E-state index in [2.05, 4.69) is 57.8 Å². The molecule has 0 aliphatic heterocycles. The van der Waals surface area contributed by atoms with Crippen LogP contribution in [0.1, 0.15) is 56.2 Å². The summed E-state index contributed by atoms with van der Waals surface area (Å²) in [4.78, 5) is 2.53. The van der Waals surface area contributed by atoms with Gasteiger partial charge in [0.05, 0.1) is 0 Å². The largest absolute Gasteiger partial charge is 0.299 e. The van der Waals surface area contributed by atoms with Gasteiger partial charge in [0.2, 0.25) is 0 Å². The molecule has 1 rings (SSSR count). The summed E-state index contributed by atoms with van der Waals surface area (Å²) in [6, 6.07) is 7.54. The number of aryl methyl sites for hydroxylation is 2. The molecule has 1 aromatic carbocycles. The highest BCUT2D eigenvalue weighted by molar-refractivity contribution is 5.30. The van der Waals surface area contributed by atoms with Crippen LogP contribution in [-0.2, 0) is 6.54 Å². The number of benzene rings is 1. The van der Waals surface area contributed by atoms with Crippen molar-refractivity contribution in [2.75, 3.05) is 7.05 Å². The van der Waals surface area contributed by atoms with E-state index in [1.54, 1.807) is 0 Å². The predicted octanol–water partition coefficient (Wildman–Crippen LogP) is 4.70. The van der Waals surface area contributed by atoms with Crippen LogP contribution in [0, 0.1) is 13.8 Å². The first kappa shape index (κ1) is 15.2. The summed E-state index contributed by atoms with van der Waals surface area (Å²) in [5, 5.41) is 0. The Bertz CT molecular complexity index is 351. The molecule has 0 spiro atoms. The molecule has 1 aromatic rings. The lowest BCUT2D eigenvalue weighted by Gasteiger charge is -2.28. The molecular formula is C17H29N. The SMILES string of the molecule is CCCC(CCC)N(C)Cc1ccc(C)cc1C. The number of hydrogen-bond acceptors (Lipinski definition) is 1. The molecule has 0 saturated heterocycles. The molecule has 1 heteroatoms. The fourth-order valence-electron chi connectivity index (χ4n) is 2.67. The van der Waals surface area contributed by atoms with Gasteiger partial charge in [0.1, 0.15) is 0 Å². The maximum absolute atomic E-state index is 2.53. The van der Waals surface area contributed by atoms with Crippen LogP contribution in [-0.4, -0.2) is 18.0 Å². The van der Waals surface area contributed by atoms with Crippen molar-refractivity contribution >= 4 is 0 Å². The first-order valence-electron chi connectivity index (χ1n) is 7.34. The zero-order valence-corrected chi connectivity index (χ0v) is 12.8. The van der Waals surface area contributed by atoms with Gasteiger partial charge in [-0.25, -0.2) is 0 Å². The van der Waals surface area contributed by atoms with Crippen LogP contribution in [0.15, 0.2) is 18.2 Å². The van der Waals surface area contributed by atoms with Crippen LogP contribution in [0.4, 0.5) is 0 Å². The molecule has 0 heterocycles. The zero-order chi connectivity index (χ0) is 13.5. The molecule has 0 atom stereocenters. The quantitative estimate of drug-likeness (QED) is 0.675. The highest BCUT2D eigenvalue weighted by atomic mass is 15.1. The Balaban J connectivity index is 2.69. The van der Waals surface area contributed by atoms with Crippen molar-refractivity contribution in [3.63, 3.8) is 0 Å². The van der Waals surface area contributed by atoms with Gasteiger partial charge in [-0.3, -0.25) is 4.90 Å². The number of rotatable bonds is 7. The maximum atomic E-state index is 2.53. The van der Waals surface area contributed by atoms with E-state index in [1.807, 2.05) is 0 Å². The van der Waals surface area contributed by atoms with E-state index >= 15 is 0 Å². The van der Waals surface area contributed by atoms with Crippen molar-refractivity contribution in [3.05, 3.63) is 34.9 Å². The number of nitrogens with zero attached hydrogens (tertiary/aromatic N) is 1. The monoisotopic (exact) mass is 247 g/mol. The lowest BCUT2D eigenvalue weighted by molar-refractivity contribution is 0.208. The average molecular weight is 247 g/mol. The molecular weight excluding hydrogens is 218 g/mol. The minimum absolute atomic E-state index is 0.737. The second-order valence-corrected chi connectivity index (χ2v) is 5.58. The van der Waals surface area contributed by atoms with E-state index in [0.29, 0.717) is 0 Å². The van der Waals surface area contributed by atoms with E-state index < -0.39 is 0 Å². The van der Waals surface area contributed by atoms with E-state index in [0.717, 1.165) is 12.6 Å². The van der Waals surface area contributed by atoms with Gasteiger partial charge in [-0.15, -0.1) is 0 Å². The van der Waals surface area contributed by atoms with E-state index in [1.165, 1.54) is 42.4 Å². The normalized spacial score (nSPS) is 11.5. The van der Waals surface area contributed by atoms with Crippen LogP contribution in [0.2, 0.25) is 0 Å². The Morgan fingerprint density at radius 2 is 1.67 bits per heavy atom. The lowest BCUT2D eigenvalue weighted by atomic mass is 10.0. The maximum Gasteiger partial charge on any atom is 0.0236 e. The lowest BCUT2D eigenvalue weighted by Crippen LogP contribution is -2.31. The Morgan fingerprint density at radius 3 is 2.17 bits per heavy atom. The molecule has 0 aliphatic rings. The van der Waals surface area contributed by atoms with Gasteiger partial charge in [-0.1, -0.05) is 50.5 Å². The predicted molar refractivity (Wildman–Crippen MR) is 81.0 cm³/mol. The zero-order valence-electron chi connectivity index (χ0n) is 12.8. The fraction of sp³-hybridized carbons (Fsp3) is 0.647. The topological polar surface area (TPSA) is 3.24 Å². The molecule has 102 valence electrons. The third kappa shape index (κ3) is 4.45. The van der Waals surface area contributed by atoms with Crippen molar-refractivity contribution in [1.29, 1.82) is 0 Å². The molecule has 0 saturated carbocycles. The van der Waals surface area contributed by atoms with Gasteiger partial charge in [0.25, 0.3) is 0 Å². The molecule has 0 aliphatic carbocycles. The van der Waals surface area contributed by atoms with E-state index in [4.69, 9.17) is 0 Å². The highest BCUT2D eigenvalue weighted by Gasteiger charge is 2.13. The summed E-state index contributed by atoms with van der Waals surface area (Å²) in [6.07, 6.45) is 5.19. The van der Waals surface area contributed by atoms with Crippen molar-refractivity contribution in [1.82, 2.24) is 4.90 Å². The summed E-state index contributed by atoms with van der Waals surface area (Å²) in [5.41, 5.74) is 4.26. The Labute approximate surface area is 113 Å². The molecule has 18 heavy (non-hydrogen) atoms. The van der Waals surface area contributed by atoms with Crippen LogP contribution in [0.3, 0.4) is 0 Å². The standard InChI is InChI=1S/C17H29N/c1-6-8-17(9-7-2)18(5)13-16-11-10-14(3)12-15(16)4/h10-12,17H,6-9,13H2,1-5H3. The smallest absolute Gasteiger partial charge is 0.0236 e. The van der Waals surface area contributed by atoms with Gasteiger partial charge in [0.15, 0.2) is 0 Å².